The second-order valence-corrected chi connectivity index (χ2v) is 19.2. The van der Waals surface area contributed by atoms with Gasteiger partial charge in [0.05, 0.1) is 13.2 Å². The zero-order chi connectivity index (χ0) is 57.1. The van der Waals surface area contributed by atoms with Crippen molar-refractivity contribution >= 4 is 62.9 Å². The Morgan fingerprint density at radius 3 is 0.907 bits per heavy atom. The Labute approximate surface area is 466 Å². The minimum atomic E-state index is -2.29. The molecular formula is C52H70BrF15I2O4Si. The lowest BCUT2D eigenvalue weighted by Crippen LogP contribution is -2.08. The van der Waals surface area contributed by atoms with E-state index in [0.29, 0.717) is 12.8 Å². The summed E-state index contributed by atoms with van der Waals surface area (Å²) in [7, 11) is 1.48. The van der Waals surface area contributed by atoms with E-state index in [1.807, 2.05) is 12.2 Å². The first-order valence-electron chi connectivity index (χ1n) is 24.8. The Morgan fingerprint density at radius 1 is 0.387 bits per heavy atom. The molecule has 3 aromatic carbocycles. The van der Waals surface area contributed by atoms with Gasteiger partial charge in [0.1, 0.15) is 0 Å². The fraction of sp³-hybridized carbons (Fsp3) is 0.577. The van der Waals surface area contributed by atoms with Crippen LogP contribution in [0.4, 0.5) is 65.9 Å². The molecule has 0 aliphatic heterocycles. The average molecular weight is 1410 g/mol. The van der Waals surface area contributed by atoms with Crippen LogP contribution in [-0.2, 0) is 4.43 Å². The summed E-state index contributed by atoms with van der Waals surface area (Å²) in [5, 5.41) is 9.47. The van der Waals surface area contributed by atoms with E-state index in [1.165, 1.54) is 88.4 Å². The number of rotatable bonds is 34. The van der Waals surface area contributed by atoms with Crippen LogP contribution in [0, 0.1) is 87.3 Å². The predicted molar refractivity (Wildman–Crippen MR) is 289 cm³/mol. The van der Waals surface area contributed by atoms with Gasteiger partial charge in [0, 0.05) is 49.7 Å². The van der Waals surface area contributed by atoms with Crippen molar-refractivity contribution in [3.63, 3.8) is 0 Å². The molecule has 0 fully saturated rings. The van der Waals surface area contributed by atoms with E-state index in [2.05, 4.69) is 66.3 Å². The van der Waals surface area contributed by atoms with Gasteiger partial charge in [-0.05, 0) is 51.0 Å². The molecule has 0 radical (unpaired) electrons. The Hall–Kier alpha value is -2.39. The summed E-state index contributed by atoms with van der Waals surface area (Å²) in [4.78, 5) is 0. The number of allylic oxidation sites excluding steroid dienone is 2. The third-order valence-electron chi connectivity index (χ3n) is 10.9. The number of aromatic hydroxyl groups is 1. The third-order valence-corrected chi connectivity index (χ3v) is 12.6. The highest BCUT2D eigenvalue weighted by molar-refractivity contribution is 15.0. The van der Waals surface area contributed by atoms with Crippen LogP contribution in [0.3, 0.4) is 0 Å². The molecule has 75 heavy (non-hydrogen) atoms. The van der Waals surface area contributed by atoms with Crippen LogP contribution in [0.1, 0.15) is 161 Å². The Bertz CT molecular complexity index is 1870. The number of ether oxygens (including phenoxy) is 2. The molecule has 0 bridgehead atoms. The maximum Gasteiger partial charge on any atom is 0.206 e. The van der Waals surface area contributed by atoms with Gasteiger partial charge in [-0.15, -0.1) is 13.2 Å². The van der Waals surface area contributed by atoms with Crippen LogP contribution >= 0.6 is 53.2 Å². The van der Waals surface area contributed by atoms with Crippen LogP contribution in [0.2, 0.25) is 6.04 Å². The molecule has 0 atom stereocenters. The second kappa shape index (κ2) is 47.6. The molecule has 0 amide bonds. The highest BCUT2D eigenvalue weighted by Gasteiger charge is 2.28. The zero-order valence-corrected chi connectivity index (χ0v) is 49.6. The summed E-state index contributed by atoms with van der Waals surface area (Å²) in [6, 6.07) is 1.24. The van der Waals surface area contributed by atoms with Gasteiger partial charge in [-0.1, -0.05) is 144 Å². The van der Waals surface area contributed by atoms with Gasteiger partial charge < -0.3 is 19.0 Å². The van der Waals surface area contributed by atoms with Gasteiger partial charge in [-0.25, -0.2) is 39.5 Å². The molecule has 0 aliphatic rings. The van der Waals surface area contributed by atoms with Crippen LogP contribution in [0.25, 0.3) is 0 Å². The van der Waals surface area contributed by atoms with Gasteiger partial charge in [0.25, 0.3) is 0 Å². The topological polar surface area (TPSA) is 47.9 Å². The summed E-state index contributed by atoms with van der Waals surface area (Å²) in [5.74, 6) is -35.3. The number of benzene rings is 3. The van der Waals surface area contributed by atoms with E-state index >= 15 is 0 Å². The van der Waals surface area contributed by atoms with E-state index in [0.717, 1.165) is 70.6 Å². The molecule has 0 saturated heterocycles. The lowest BCUT2D eigenvalue weighted by Gasteiger charge is -2.10. The molecule has 3 rings (SSSR count). The van der Waals surface area contributed by atoms with Crippen LogP contribution in [-0.4, -0.2) is 40.5 Å². The summed E-state index contributed by atoms with van der Waals surface area (Å²) >= 11 is 7.68. The van der Waals surface area contributed by atoms with Crippen molar-refractivity contribution in [2.24, 2.45) is 0 Å². The molecule has 0 aliphatic carbocycles. The van der Waals surface area contributed by atoms with Gasteiger partial charge in [-0.2, -0.15) is 26.3 Å². The molecule has 0 spiro atoms. The number of phenols is 1. The van der Waals surface area contributed by atoms with Crippen molar-refractivity contribution in [2.45, 2.75) is 167 Å². The standard InChI is InChI=1S/C18H27F5O2Si.C17H21F5O.C11H21Br.C6HF5O.I2/c1-24-26-12-10-8-6-4-2-3-5-7-9-11-25-18-16(22)14(20)13(19)15(21)17(18)23;1-2-3-4-5-6-7-8-9-10-11-23-17-15(21)13(19)12(18)14(20)16(17)22;1-2-3-4-5-6-7-8-9-10-11-12;7-1-2(8)4(10)6(12)5(11)3(1)9;1-2/h2-12,26H2,1H3;2H,1,3-11H2;2H,1,3-11H2;12H;. The lowest BCUT2D eigenvalue weighted by atomic mass is 10.1. The average Bonchev–Trinajstić information content (AvgIpc) is 3.42. The van der Waals surface area contributed by atoms with Crippen LogP contribution in [0.5, 0.6) is 17.2 Å². The molecule has 1 N–H and O–H groups in total. The smallest absolute Gasteiger partial charge is 0.206 e. The summed E-state index contributed by atoms with van der Waals surface area (Å²) < 4.78 is 206. The third kappa shape index (κ3) is 31.1. The molecular weight excluding hydrogens is 1340 g/mol. The molecule has 0 saturated carbocycles. The molecule has 0 aromatic heterocycles. The maximum absolute atomic E-state index is 13.4. The van der Waals surface area contributed by atoms with Crippen molar-refractivity contribution in [3.05, 3.63) is 113 Å². The van der Waals surface area contributed by atoms with Gasteiger partial charge in [-0.3, -0.25) is 0 Å². The van der Waals surface area contributed by atoms with Gasteiger partial charge in [0.2, 0.25) is 87.3 Å². The number of alkyl halides is 1. The molecule has 0 heterocycles. The first-order chi connectivity index (χ1) is 35.9. The second-order valence-electron chi connectivity index (χ2n) is 16.7. The minimum absolute atomic E-state index is 0.0816. The number of unbranched alkanes of at least 4 members (excludes halogenated alkanes) is 22. The number of halogens is 18. The predicted octanol–water partition coefficient (Wildman–Crippen LogP) is 20.0. The molecule has 3 aromatic rings. The number of phenolic OH excluding ortho intramolecular Hbond substituents is 1. The van der Waals surface area contributed by atoms with Crippen molar-refractivity contribution < 1.29 is 84.9 Å². The van der Waals surface area contributed by atoms with Crippen molar-refractivity contribution in [1.82, 2.24) is 0 Å². The van der Waals surface area contributed by atoms with Crippen molar-refractivity contribution in [2.75, 3.05) is 25.7 Å². The van der Waals surface area contributed by atoms with Crippen molar-refractivity contribution in [3.8, 4) is 17.2 Å². The number of hydrogen-bond acceptors (Lipinski definition) is 4. The normalized spacial score (nSPS) is 10.7. The largest absolute Gasteiger partial charge is 0.503 e. The van der Waals surface area contributed by atoms with E-state index < -0.39 is 105 Å². The highest BCUT2D eigenvalue weighted by Crippen LogP contribution is 2.31. The first-order valence-corrected chi connectivity index (χ1v) is 33.8. The van der Waals surface area contributed by atoms with Crippen molar-refractivity contribution in [1.29, 1.82) is 0 Å². The Balaban J connectivity index is 0. The molecule has 432 valence electrons. The van der Waals surface area contributed by atoms with Crippen LogP contribution in [0.15, 0.2) is 25.3 Å². The van der Waals surface area contributed by atoms with Gasteiger partial charge >= 0.3 is 0 Å². The fourth-order valence-electron chi connectivity index (χ4n) is 6.67. The van der Waals surface area contributed by atoms with E-state index in [4.69, 9.17) is 19.0 Å². The lowest BCUT2D eigenvalue weighted by molar-refractivity contribution is 0.255. The van der Waals surface area contributed by atoms with Crippen LogP contribution < -0.4 is 9.47 Å². The SMILES string of the molecule is C=CCCCCCCCCCBr.C=CCCCCCCCCCOc1c(F)c(F)c(F)c(F)c1F.CO[SiH2]CCCCCCCCCCCOc1c(F)c(F)c(F)c(F)c1F.II.Oc1c(F)c(F)c(F)c(F)c1F. The Morgan fingerprint density at radius 2 is 0.627 bits per heavy atom. The first kappa shape index (κ1) is 74.7. The minimum Gasteiger partial charge on any atom is -0.503 e. The molecule has 0 unspecified atom stereocenters. The van der Waals surface area contributed by atoms with E-state index in [1.54, 1.807) is 7.11 Å². The summed E-state index contributed by atoms with van der Waals surface area (Å²) in [6.07, 6.45) is 31.8. The number of hydrogen-bond donors (Lipinski definition) is 1. The van der Waals surface area contributed by atoms with E-state index in [-0.39, 0.29) is 23.0 Å². The molecule has 23 heteroatoms. The zero-order valence-electron chi connectivity index (χ0n) is 42.3. The van der Waals surface area contributed by atoms with Gasteiger partial charge in [0.15, 0.2) is 27.0 Å². The quantitative estimate of drug-likeness (QED) is 0.00946. The maximum atomic E-state index is 13.4. The Kier molecular flexibility index (Phi) is 47.4. The summed E-state index contributed by atoms with van der Waals surface area (Å²) in [5.41, 5.74) is 0. The monoisotopic (exact) mass is 1400 g/mol. The fourth-order valence-corrected chi connectivity index (χ4v) is 7.91. The van der Waals surface area contributed by atoms with E-state index in [9.17, 15) is 65.9 Å². The molecule has 4 nitrogen and oxygen atoms in total. The highest BCUT2D eigenvalue weighted by atomic mass is 128. The summed E-state index contributed by atoms with van der Waals surface area (Å²) in [6.45, 7) is 7.19.